The zero-order valence-electron chi connectivity index (χ0n) is 28.2. The number of ether oxygens (including phenoxy) is 2. The fourth-order valence-corrected chi connectivity index (χ4v) is 6.58. The molecule has 0 bridgehead atoms. The predicted octanol–water partition coefficient (Wildman–Crippen LogP) is 10.9. The SMILES string of the molecule is C=C(CC(C)(C)CCC)/C(C)=C(\C1=C(C)C(C)OC1c1ccc(C(F)(F)F)cc1)C1CCN(C(=O)OCC/C=C\C=C/C)CC1. The molecule has 0 radical (unpaired) electrons. The zero-order chi connectivity index (χ0) is 33.4. The molecule has 0 N–H and O–H groups in total. The molecule has 0 aliphatic carbocycles. The number of rotatable bonds is 12. The standard InChI is InChI=1S/C38H52F3NO3/c1-9-11-12-13-14-24-44-36(43)42-22-19-30(20-23-42)33(27(4)26(3)25-37(7,8)21-10-2)34-28(5)29(6)45-35(34)31-15-17-32(18-16-31)38(39,40)41/h9,11-13,15-18,29-30,35H,3,10,14,19-25H2,1-2,4-8H3/b11-9-,13-12-,33-27-. The van der Waals surface area contributed by atoms with Crippen LogP contribution in [0.4, 0.5) is 18.0 Å². The number of piperidine rings is 1. The second kappa shape index (κ2) is 16.0. The van der Waals surface area contributed by atoms with Crippen molar-refractivity contribution in [3.63, 3.8) is 0 Å². The van der Waals surface area contributed by atoms with Crippen molar-refractivity contribution in [1.82, 2.24) is 4.90 Å². The van der Waals surface area contributed by atoms with Crippen LogP contribution < -0.4 is 0 Å². The molecule has 4 nitrogen and oxygen atoms in total. The fraction of sp³-hybridized carbons (Fsp3) is 0.553. The Balaban J connectivity index is 1.93. The van der Waals surface area contributed by atoms with Gasteiger partial charge in [-0.3, -0.25) is 0 Å². The third kappa shape index (κ3) is 9.71. The van der Waals surface area contributed by atoms with Crippen molar-refractivity contribution in [3.05, 3.63) is 94.1 Å². The van der Waals surface area contributed by atoms with E-state index in [1.54, 1.807) is 4.90 Å². The lowest BCUT2D eigenvalue weighted by Crippen LogP contribution is -2.39. The van der Waals surface area contributed by atoms with E-state index < -0.39 is 17.8 Å². The van der Waals surface area contributed by atoms with Gasteiger partial charge in [-0.2, -0.15) is 13.2 Å². The van der Waals surface area contributed by atoms with Gasteiger partial charge in [-0.1, -0.05) is 75.8 Å². The molecular formula is C38H52F3NO3. The monoisotopic (exact) mass is 627 g/mol. The summed E-state index contributed by atoms with van der Waals surface area (Å²) >= 11 is 0. The highest BCUT2D eigenvalue weighted by Crippen LogP contribution is 2.48. The first-order chi connectivity index (χ1) is 21.2. The summed E-state index contributed by atoms with van der Waals surface area (Å²) in [6.45, 7) is 20.9. The van der Waals surface area contributed by atoms with Gasteiger partial charge in [0, 0.05) is 13.1 Å². The highest BCUT2D eigenvalue weighted by Gasteiger charge is 2.39. The minimum atomic E-state index is -4.40. The number of benzene rings is 1. The molecule has 0 saturated carbocycles. The molecule has 2 aliphatic heterocycles. The molecule has 0 spiro atoms. The van der Waals surface area contributed by atoms with Crippen molar-refractivity contribution < 1.29 is 27.4 Å². The number of allylic oxidation sites excluding steroid dienone is 5. The van der Waals surface area contributed by atoms with Gasteiger partial charge < -0.3 is 14.4 Å². The molecule has 2 atom stereocenters. The van der Waals surface area contributed by atoms with Gasteiger partial charge in [-0.25, -0.2) is 4.79 Å². The van der Waals surface area contributed by atoms with Crippen LogP contribution in [0.5, 0.6) is 0 Å². The molecular weight excluding hydrogens is 575 g/mol. The summed E-state index contributed by atoms with van der Waals surface area (Å²) in [5, 5.41) is 0. The Morgan fingerprint density at radius 2 is 1.78 bits per heavy atom. The normalized spacial score (nSPS) is 20.8. The first kappa shape index (κ1) is 36.4. The third-order valence-corrected chi connectivity index (χ3v) is 9.13. The van der Waals surface area contributed by atoms with Crippen molar-refractivity contribution in [2.45, 2.75) is 105 Å². The van der Waals surface area contributed by atoms with E-state index in [2.05, 4.69) is 41.2 Å². The van der Waals surface area contributed by atoms with Crippen molar-refractivity contribution >= 4 is 6.09 Å². The molecule has 2 aliphatic rings. The maximum absolute atomic E-state index is 13.4. The molecule has 45 heavy (non-hydrogen) atoms. The molecule has 2 unspecified atom stereocenters. The van der Waals surface area contributed by atoms with E-state index in [1.807, 2.05) is 38.2 Å². The smallest absolute Gasteiger partial charge is 0.416 e. The van der Waals surface area contributed by atoms with E-state index in [0.717, 1.165) is 66.5 Å². The topological polar surface area (TPSA) is 38.8 Å². The van der Waals surface area contributed by atoms with E-state index in [9.17, 15) is 18.0 Å². The van der Waals surface area contributed by atoms with Crippen LogP contribution in [0, 0.1) is 11.3 Å². The lowest BCUT2D eigenvalue weighted by molar-refractivity contribution is -0.137. The molecule has 248 valence electrons. The van der Waals surface area contributed by atoms with Gasteiger partial charge in [-0.05, 0) is 111 Å². The number of nitrogens with zero attached hydrogens (tertiary/aromatic N) is 1. The summed E-state index contributed by atoms with van der Waals surface area (Å²) < 4.78 is 52.1. The molecule has 7 heteroatoms. The van der Waals surface area contributed by atoms with Gasteiger partial charge in [0.2, 0.25) is 0 Å². The van der Waals surface area contributed by atoms with Gasteiger partial charge in [0.15, 0.2) is 0 Å². The first-order valence-electron chi connectivity index (χ1n) is 16.3. The summed E-state index contributed by atoms with van der Waals surface area (Å²) in [5.74, 6) is 0.139. The second-order valence-corrected chi connectivity index (χ2v) is 13.2. The fourth-order valence-electron chi connectivity index (χ4n) is 6.58. The molecule has 1 amide bonds. The van der Waals surface area contributed by atoms with E-state index in [-0.39, 0.29) is 23.5 Å². The van der Waals surface area contributed by atoms with Gasteiger partial charge in [0.05, 0.1) is 18.3 Å². The summed E-state index contributed by atoms with van der Waals surface area (Å²) in [5.41, 5.74) is 5.61. The Labute approximate surface area is 268 Å². The number of hydrogen-bond donors (Lipinski definition) is 0. The van der Waals surface area contributed by atoms with Gasteiger partial charge in [-0.15, -0.1) is 0 Å². The van der Waals surface area contributed by atoms with Gasteiger partial charge in [0.25, 0.3) is 0 Å². The predicted molar refractivity (Wildman–Crippen MR) is 177 cm³/mol. The van der Waals surface area contributed by atoms with Crippen LogP contribution in [0.1, 0.15) is 104 Å². The zero-order valence-corrected chi connectivity index (χ0v) is 28.2. The quantitative estimate of drug-likeness (QED) is 0.171. The van der Waals surface area contributed by atoms with Crippen molar-refractivity contribution in [2.24, 2.45) is 11.3 Å². The largest absolute Gasteiger partial charge is 0.449 e. The van der Waals surface area contributed by atoms with Crippen LogP contribution in [-0.4, -0.2) is 36.8 Å². The molecule has 1 fully saturated rings. The number of halogens is 3. The maximum atomic E-state index is 13.4. The Bertz CT molecular complexity index is 1290. The Morgan fingerprint density at radius 1 is 1.13 bits per heavy atom. The highest BCUT2D eigenvalue weighted by molar-refractivity contribution is 5.67. The van der Waals surface area contributed by atoms with E-state index in [0.29, 0.717) is 31.7 Å². The summed E-state index contributed by atoms with van der Waals surface area (Å²) in [7, 11) is 0. The first-order valence-corrected chi connectivity index (χ1v) is 16.3. The molecule has 3 rings (SSSR count). The van der Waals surface area contributed by atoms with Gasteiger partial charge in [0.1, 0.15) is 6.10 Å². The number of carbonyl (C=O) groups is 1. The second-order valence-electron chi connectivity index (χ2n) is 13.2. The Hall–Kier alpha value is -3.06. The van der Waals surface area contributed by atoms with Crippen LogP contribution in [0.2, 0.25) is 0 Å². The van der Waals surface area contributed by atoms with Crippen molar-refractivity contribution in [3.8, 4) is 0 Å². The van der Waals surface area contributed by atoms with E-state index in [1.165, 1.54) is 17.7 Å². The maximum Gasteiger partial charge on any atom is 0.416 e. The summed E-state index contributed by atoms with van der Waals surface area (Å²) in [6, 6.07) is 5.35. The minimum Gasteiger partial charge on any atom is -0.449 e. The van der Waals surface area contributed by atoms with Crippen LogP contribution >= 0.6 is 0 Å². The van der Waals surface area contributed by atoms with Crippen molar-refractivity contribution in [2.75, 3.05) is 19.7 Å². The number of likely N-dealkylation sites (tertiary alicyclic amines) is 1. The van der Waals surface area contributed by atoms with Crippen molar-refractivity contribution in [1.29, 1.82) is 0 Å². The molecule has 2 heterocycles. The third-order valence-electron chi connectivity index (χ3n) is 9.13. The highest BCUT2D eigenvalue weighted by atomic mass is 19.4. The molecule has 0 aromatic heterocycles. The molecule has 1 aromatic rings. The molecule has 1 aromatic carbocycles. The van der Waals surface area contributed by atoms with Crippen LogP contribution in [0.15, 0.2) is 83.0 Å². The number of hydrogen-bond acceptors (Lipinski definition) is 3. The lowest BCUT2D eigenvalue weighted by atomic mass is 9.74. The molecule has 1 saturated heterocycles. The van der Waals surface area contributed by atoms with E-state index in [4.69, 9.17) is 9.47 Å². The van der Waals surface area contributed by atoms with Gasteiger partial charge >= 0.3 is 12.3 Å². The number of amides is 1. The summed E-state index contributed by atoms with van der Waals surface area (Å²) in [6.07, 6.45) is 7.60. The van der Waals surface area contributed by atoms with Crippen LogP contribution in [0.3, 0.4) is 0 Å². The lowest BCUT2D eigenvalue weighted by Gasteiger charge is -2.36. The van der Waals surface area contributed by atoms with Crippen LogP contribution in [0.25, 0.3) is 0 Å². The average molecular weight is 628 g/mol. The Kier molecular flexibility index (Phi) is 12.9. The summed E-state index contributed by atoms with van der Waals surface area (Å²) in [4.78, 5) is 14.6. The van der Waals surface area contributed by atoms with Crippen LogP contribution in [-0.2, 0) is 15.7 Å². The Morgan fingerprint density at radius 3 is 2.36 bits per heavy atom. The number of carbonyl (C=O) groups excluding carboxylic acids is 1. The average Bonchev–Trinajstić information content (AvgIpc) is 3.27. The van der Waals surface area contributed by atoms with E-state index >= 15 is 0 Å². The number of alkyl halides is 3. The minimum absolute atomic E-state index is 0.0864.